The van der Waals surface area contributed by atoms with Crippen LogP contribution in [-0.2, 0) is 9.53 Å². The maximum absolute atomic E-state index is 11.7. The van der Waals surface area contributed by atoms with Crippen LogP contribution in [0.1, 0.15) is 25.3 Å². The van der Waals surface area contributed by atoms with Gasteiger partial charge in [0, 0.05) is 11.6 Å². The van der Waals surface area contributed by atoms with Crippen molar-refractivity contribution in [2.24, 2.45) is 0 Å². The van der Waals surface area contributed by atoms with Crippen LogP contribution in [-0.4, -0.2) is 35.1 Å². The van der Waals surface area contributed by atoms with Gasteiger partial charge in [0.1, 0.15) is 18.6 Å². The van der Waals surface area contributed by atoms with Gasteiger partial charge in [-0.2, -0.15) is 0 Å². The number of hydrogen-bond donors (Lipinski definition) is 0. The minimum atomic E-state index is -0.469. The highest BCUT2D eigenvalue weighted by atomic mass is 79.9. The third kappa shape index (κ3) is 3.49. The van der Waals surface area contributed by atoms with Crippen molar-refractivity contribution in [3.8, 4) is 0 Å². The third-order valence-corrected chi connectivity index (χ3v) is 4.23. The fourth-order valence-electron chi connectivity index (χ4n) is 2.05. The Kier molecular flexibility index (Phi) is 4.76. The molecule has 0 bridgehead atoms. The standard InChI is InChI=1S/C13H16BrN3O4/c1-3-21-11(18)7-16(9-4-5-9)13-12(14)8(2)10(6-15-13)17(19)20/h6,9H,3-5,7H2,1-2H3. The Hall–Kier alpha value is -1.70. The number of carbonyl (C=O) groups is 1. The SMILES string of the molecule is CCOC(=O)CN(c1ncc([N+](=O)[O-])c(C)c1Br)C1CC1. The lowest BCUT2D eigenvalue weighted by atomic mass is 10.2. The van der Waals surface area contributed by atoms with Gasteiger partial charge in [0.15, 0.2) is 0 Å². The van der Waals surface area contributed by atoms with E-state index in [2.05, 4.69) is 20.9 Å². The molecule has 0 atom stereocenters. The molecular formula is C13H16BrN3O4. The maximum Gasteiger partial charge on any atom is 0.325 e. The average molecular weight is 358 g/mol. The van der Waals surface area contributed by atoms with Crippen LogP contribution in [0.25, 0.3) is 0 Å². The summed E-state index contributed by atoms with van der Waals surface area (Å²) in [6, 6.07) is 0.235. The molecule has 114 valence electrons. The topological polar surface area (TPSA) is 85.6 Å². The number of carbonyl (C=O) groups excluding carboxylic acids is 1. The molecule has 0 radical (unpaired) electrons. The van der Waals surface area contributed by atoms with Gasteiger partial charge in [-0.15, -0.1) is 0 Å². The van der Waals surface area contributed by atoms with Gasteiger partial charge in [-0.25, -0.2) is 4.98 Å². The van der Waals surface area contributed by atoms with Crippen LogP contribution in [0.4, 0.5) is 11.5 Å². The highest BCUT2D eigenvalue weighted by Crippen LogP contribution is 2.38. The second-order valence-corrected chi connectivity index (χ2v) is 5.62. The van der Waals surface area contributed by atoms with Crippen molar-refractivity contribution in [2.75, 3.05) is 18.1 Å². The van der Waals surface area contributed by atoms with E-state index in [0.717, 1.165) is 12.8 Å². The Labute approximate surface area is 130 Å². The van der Waals surface area contributed by atoms with Gasteiger partial charge in [0.05, 0.1) is 16.0 Å². The summed E-state index contributed by atoms with van der Waals surface area (Å²) in [6.45, 7) is 3.83. The van der Waals surface area contributed by atoms with Gasteiger partial charge in [-0.3, -0.25) is 14.9 Å². The summed E-state index contributed by atoms with van der Waals surface area (Å²) >= 11 is 3.36. The first kappa shape index (κ1) is 15.7. The van der Waals surface area contributed by atoms with Crippen LogP contribution in [0, 0.1) is 17.0 Å². The summed E-state index contributed by atoms with van der Waals surface area (Å²) < 4.78 is 5.52. The van der Waals surface area contributed by atoms with Crippen LogP contribution in [0.3, 0.4) is 0 Å². The number of aromatic nitrogens is 1. The first-order valence-corrected chi connectivity index (χ1v) is 7.46. The van der Waals surface area contributed by atoms with Gasteiger partial charge in [0.25, 0.3) is 5.69 Å². The number of anilines is 1. The number of rotatable bonds is 6. The van der Waals surface area contributed by atoms with Crippen molar-refractivity contribution in [1.29, 1.82) is 0 Å². The summed E-state index contributed by atoms with van der Waals surface area (Å²) in [6.07, 6.45) is 3.18. The number of nitrogens with zero attached hydrogens (tertiary/aromatic N) is 3. The Morgan fingerprint density at radius 1 is 1.62 bits per heavy atom. The molecule has 0 unspecified atom stereocenters. The second kappa shape index (κ2) is 6.38. The monoisotopic (exact) mass is 357 g/mol. The van der Waals surface area contributed by atoms with Crippen LogP contribution in [0.5, 0.6) is 0 Å². The predicted octanol–water partition coefficient (Wildman–Crippen LogP) is 2.59. The normalized spacial score (nSPS) is 13.9. The highest BCUT2D eigenvalue weighted by molar-refractivity contribution is 9.10. The molecule has 1 saturated carbocycles. The molecule has 0 N–H and O–H groups in total. The molecule has 0 saturated heterocycles. The number of nitro groups is 1. The summed E-state index contributed by atoms with van der Waals surface area (Å²) in [7, 11) is 0. The van der Waals surface area contributed by atoms with Crippen molar-refractivity contribution in [1.82, 2.24) is 4.98 Å². The minimum Gasteiger partial charge on any atom is -0.465 e. The fraction of sp³-hybridized carbons (Fsp3) is 0.538. The molecule has 2 rings (SSSR count). The van der Waals surface area contributed by atoms with E-state index in [4.69, 9.17) is 4.74 Å². The highest BCUT2D eigenvalue weighted by Gasteiger charge is 2.34. The van der Waals surface area contributed by atoms with Crippen molar-refractivity contribution in [3.05, 3.63) is 26.3 Å². The van der Waals surface area contributed by atoms with Gasteiger partial charge >= 0.3 is 5.97 Å². The quantitative estimate of drug-likeness (QED) is 0.441. The van der Waals surface area contributed by atoms with Crippen molar-refractivity contribution < 1.29 is 14.5 Å². The number of esters is 1. The molecule has 1 heterocycles. The molecule has 8 heteroatoms. The first-order valence-electron chi connectivity index (χ1n) is 6.67. The number of pyridine rings is 1. The molecule has 0 aliphatic heterocycles. The lowest BCUT2D eigenvalue weighted by Gasteiger charge is -2.24. The first-order chi connectivity index (χ1) is 9.95. The van der Waals surface area contributed by atoms with E-state index >= 15 is 0 Å². The van der Waals surface area contributed by atoms with Gasteiger partial charge < -0.3 is 9.64 Å². The van der Waals surface area contributed by atoms with Crippen LogP contribution in [0.15, 0.2) is 10.7 Å². The molecule has 0 aromatic carbocycles. The molecule has 1 aromatic rings. The van der Waals surface area contributed by atoms with Crippen LogP contribution in [0.2, 0.25) is 0 Å². The second-order valence-electron chi connectivity index (χ2n) is 4.83. The van der Waals surface area contributed by atoms with Crippen molar-refractivity contribution in [3.63, 3.8) is 0 Å². The summed E-state index contributed by atoms with van der Waals surface area (Å²) in [5.41, 5.74) is 0.456. The largest absolute Gasteiger partial charge is 0.465 e. The van der Waals surface area contributed by atoms with Crippen molar-refractivity contribution in [2.45, 2.75) is 32.7 Å². The van der Waals surface area contributed by atoms with Gasteiger partial charge in [-0.1, -0.05) is 0 Å². The van der Waals surface area contributed by atoms with E-state index in [0.29, 0.717) is 22.5 Å². The molecule has 7 nitrogen and oxygen atoms in total. The lowest BCUT2D eigenvalue weighted by molar-refractivity contribution is -0.385. The number of halogens is 1. The van der Waals surface area contributed by atoms with E-state index in [9.17, 15) is 14.9 Å². The minimum absolute atomic E-state index is 0.0440. The van der Waals surface area contributed by atoms with E-state index in [1.807, 2.05) is 4.90 Å². The summed E-state index contributed by atoms with van der Waals surface area (Å²) in [4.78, 5) is 28.2. The molecule has 0 spiro atoms. The van der Waals surface area contributed by atoms with E-state index in [-0.39, 0.29) is 24.2 Å². The molecule has 1 aliphatic carbocycles. The molecule has 1 aliphatic rings. The number of ether oxygens (including phenoxy) is 1. The van der Waals surface area contributed by atoms with Gasteiger partial charge in [-0.05, 0) is 42.6 Å². The lowest BCUT2D eigenvalue weighted by Crippen LogP contribution is -2.34. The average Bonchev–Trinajstić information content (AvgIpc) is 3.24. The molecule has 0 amide bonds. The zero-order chi connectivity index (χ0) is 15.6. The molecule has 1 aromatic heterocycles. The Morgan fingerprint density at radius 3 is 2.81 bits per heavy atom. The zero-order valence-corrected chi connectivity index (χ0v) is 13.4. The third-order valence-electron chi connectivity index (χ3n) is 3.28. The van der Waals surface area contributed by atoms with Crippen LogP contribution >= 0.6 is 15.9 Å². The summed E-state index contributed by atoms with van der Waals surface area (Å²) in [5, 5.41) is 10.9. The Bertz CT molecular complexity index is 575. The summed E-state index contributed by atoms with van der Waals surface area (Å²) in [5.74, 6) is 0.225. The predicted molar refractivity (Wildman–Crippen MR) is 80.3 cm³/mol. The van der Waals surface area contributed by atoms with E-state index in [1.165, 1.54) is 6.20 Å². The van der Waals surface area contributed by atoms with Crippen LogP contribution < -0.4 is 4.90 Å². The zero-order valence-electron chi connectivity index (χ0n) is 11.8. The number of hydrogen-bond acceptors (Lipinski definition) is 6. The molecular weight excluding hydrogens is 342 g/mol. The Balaban J connectivity index is 2.31. The van der Waals surface area contributed by atoms with Gasteiger partial charge in [0.2, 0.25) is 0 Å². The maximum atomic E-state index is 11.7. The molecule has 21 heavy (non-hydrogen) atoms. The van der Waals surface area contributed by atoms with Crippen molar-refractivity contribution >= 4 is 33.4 Å². The Morgan fingerprint density at radius 2 is 2.29 bits per heavy atom. The van der Waals surface area contributed by atoms with E-state index in [1.54, 1.807) is 13.8 Å². The smallest absolute Gasteiger partial charge is 0.325 e. The molecule has 1 fully saturated rings. The fourth-order valence-corrected chi connectivity index (χ4v) is 2.58. The van der Waals surface area contributed by atoms with E-state index < -0.39 is 4.92 Å².